The van der Waals surface area contributed by atoms with Crippen molar-refractivity contribution < 1.29 is 28.7 Å². The molecule has 3 saturated heterocycles. The fourth-order valence-electron chi connectivity index (χ4n) is 9.39. The molecule has 5 aliphatic rings. The van der Waals surface area contributed by atoms with Crippen molar-refractivity contribution in [3.05, 3.63) is 82.0 Å². The molecule has 5 amide bonds. The number of halogens is 1. The molecule has 0 bridgehead atoms. The Morgan fingerprint density at radius 1 is 0.929 bits per heavy atom. The summed E-state index contributed by atoms with van der Waals surface area (Å²) < 4.78 is 6.36. The number of nitrogens with zero attached hydrogens (tertiary/aromatic N) is 6. The van der Waals surface area contributed by atoms with Gasteiger partial charge in [0, 0.05) is 86.6 Å². The molecule has 2 N–H and O–H groups in total. The lowest BCUT2D eigenvalue weighted by atomic mass is 9.49. The fourth-order valence-corrected chi connectivity index (χ4v) is 9.60. The monoisotopic (exact) mass is 778 g/mol. The largest absolute Gasteiger partial charge is 0.489 e. The Labute approximate surface area is 329 Å². The van der Waals surface area contributed by atoms with E-state index in [1.807, 2.05) is 18.2 Å². The Balaban J connectivity index is 0.817. The number of nitriles is 1. The van der Waals surface area contributed by atoms with E-state index in [2.05, 4.69) is 64.1 Å². The Morgan fingerprint density at radius 3 is 2.29 bits per heavy atom. The highest BCUT2D eigenvalue weighted by Crippen LogP contribution is 2.55. The number of nitrogens with one attached hydrogen (secondary N) is 2. The third-order valence-electron chi connectivity index (χ3n) is 12.2. The first-order chi connectivity index (χ1) is 26.7. The number of benzene rings is 2. The highest BCUT2D eigenvalue weighted by atomic mass is 35.5. The van der Waals surface area contributed by atoms with Crippen molar-refractivity contribution in [1.29, 1.82) is 5.26 Å². The van der Waals surface area contributed by atoms with Crippen molar-refractivity contribution in [3.63, 3.8) is 0 Å². The predicted molar refractivity (Wildman–Crippen MR) is 207 cm³/mol. The van der Waals surface area contributed by atoms with Crippen LogP contribution in [-0.2, 0) is 9.59 Å². The number of pyridine rings is 1. The molecule has 1 unspecified atom stereocenters. The quantitative estimate of drug-likeness (QED) is 0.321. The highest BCUT2D eigenvalue weighted by molar-refractivity contribution is 6.31. The Kier molecular flexibility index (Phi) is 9.28. The molecule has 1 aliphatic carbocycles. The summed E-state index contributed by atoms with van der Waals surface area (Å²) in [5.41, 5.74) is 1.52. The number of aromatic nitrogens is 1. The maximum Gasteiger partial charge on any atom is 0.262 e. The molecule has 0 radical (unpaired) electrons. The van der Waals surface area contributed by atoms with Gasteiger partial charge in [0.1, 0.15) is 29.8 Å². The number of carbonyl (C=O) groups excluding carboxylic acids is 5. The number of rotatable bonds is 8. The van der Waals surface area contributed by atoms with Gasteiger partial charge in [-0.3, -0.25) is 39.1 Å². The first-order valence-corrected chi connectivity index (χ1v) is 19.3. The minimum Gasteiger partial charge on any atom is -0.489 e. The molecule has 290 valence electrons. The van der Waals surface area contributed by atoms with Crippen molar-refractivity contribution in [2.45, 2.75) is 64.8 Å². The van der Waals surface area contributed by atoms with Crippen LogP contribution in [0.3, 0.4) is 0 Å². The molecule has 3 aromatic rings. The standard InChI is InChI=1S/C41H43ClN8O6/c1-40(2)38(41(3,4)39(40)56-27-8-5-23(19-43)30(42)18-27)46-34(52)24-6-11-32(44-20-24)48-15-13-47(14-16-48)26-21-49(22-26)25-7-9-28-29(17-25)37(55)50(36(28)54)31-10-12-33(51)45-35(31)53/h5-9,11,17-18,20,26,31,38-39H,10,12-16,21-22H2,1-4H3,(H,46,52)(H,45,51,53)/t31?,38-,39-. The molecule has 56 heavy (non-hydrogen) atoms. The van der Waals surface area contributed by atoms with Crippen molar-refractivity contribution in [2.24, 2.45) is 10.8 Å². The molecule has 1 saturated carbocycles. The van der Waals surface area contributed by atoms with Gasteiger partial charge in [-0.05, 0) is 48.9 Å². The lowest BCUT2D eigenvalue weighted by molar-refractivity contribution is -0.164. The van der Waals surface area contributed by atoms with Gasteiger partial charge in [0.05, 0.1) is 27.3 Å². The van der Waals surface area contributed by atoms with E-state index in [9.17, 15) is 29.2 Å². The second-order valence-corrected chi connectivity index (χ2v) is 16.9. The van der Waals surface area contributed by atoms with Crippen LogP contribution in [0.4, 0.5) is 11.5 Å². The van der Waals surface area contributed by atoms with E-state index in [4.69, 9.17) is 16.3 Å². The van der Waals surface area contributed by atoms with Crippen LogP contribution < -0.4 is 25.2 Å². The van der Waals surface area contributed by atoms with E-state index >= 15 is 0 Å². The molecule has 4 fully saturated rings. The topological polar surface area (TPSA) is 168 Å². The summed E-state index contributed by atoms with van der Waals surface area (Å²) in [6, 6.07) is 15.2. The van der Waals surface area contributed by atoms with Crippen molar-refractivity contribution in [2.75, 3.05) is 49.1 Å². The normalized spacial score (nSPS) is 24.5. The molecule has 1 aromatic heterocycles. The number of fused-ring (bicyclic) bond motifs is 1. The van der Waals surface area contributed by atoms with Crippen LogP contribution in [-0.4, -0.2) is 108 Å². The number of piperazine rings is 1. The summed E-state index contributed by atoms with van der Waals surface area (Å²) in [5, 5.41) is 15.0. The zero-order valence-corrected chi connectivity index (χ0v) is 32.4. The second-order valence-electron chi connectivity index (χ2n) is 16.5. The molecule has 1 atom stereocenters. The first-order valence-electron chi connectivity index (χ1n) is 18.9. The maximum atomic E-state index is 13.4. The Morgan fingerprint density at radius 2 is 1.64 bits per heavy atom. The van der Waals surface area contributed by atoms with Gasteiger partial charge in [0.15, 0.2) is 0 Å². The number of amides is 5. The first kappa shape index (κ1) is 37.4. The van der Waals surface area contributed by atoms with Gasteiger partial charge in [-0.15, -0.1) is 0 Å². The third-order valence-corrected chi connectivity index (χ3v) is 12.6. The lowest BCUT2D eigenvalue weighted by Gasteiger charge is -2.63. The van der Waals surface area contributed by atoms with E-state index in [-0.39, 0.29) is 52.9 Å². The van der Waals surface area contributed by atoms with Gasteiger partial charge in [-0.2, -0.15) is 5.26 Å². The van der Waals surface area contributed by atoms with Crippen LogP contribution in [0, 0.1) is 22.2 Å². The molecule has 14 nitrogen and oxygen atoms in total. The SMILES string of the molecule is CC1(C)[C@H](NC(=O)c2ccc(N3CCN(C4CN(c5ccc6c(c5)C(=O)N(C5CCC(=O)NC5=O)C6=O)C4)CC3)nc2)C(C)(C)[C@H]1Oc1ccc(C#N)c(Cl)c1. The van der Waals surface area contributed by atoms with Crippen molar-refractivity contribution in [3.8, 4) is 11.8 Å². The van der Waals surface area contributed by atoms with E-state index in [0.717, 1.165) is 55.7 Å². The van der Waals surface area contributed by atoms with E-state index < -0.39 is 29.7 Å². The Bertz CT molecular complexity index is 2170. The molecule has 4 aliphatic heterocycles. The van der Waals surface area contributed by atoms with Gasteiger partial charge in [-0.25, -0.2) is 4.98 Å². The van der Waals surface area contributed by atoms with Crippen molar-refractivity contribution in [1.82, 2.24) is 25.4 Å². The summed E-state index contributed by atoms with van der Waals surface area (Å²) in [7, 11) is 0. The van der Waals surface area contributed by atoms with Gasteiger partial charge < -0.3 is 19.9 Å². The van der Waals surface area contributed by atoms with Crippen LogP contribution >= 0.6 is 11.6 Å². The summed E-state index contributed by atoms with van der Waals surface area (Å²) in [4.78, 5) is 76.3. The molecule has 0 spiro atoms. The maximum absolute atomic E-state index is 13.4. The summed E-state index contributed by atoms with van der Waals surface area (Å²) >= 11 is 6.24. The highest BCUT2D eigenvalue weighted by Gasteiger charge is 2.64. The lowest BCUT2D eigenvalue weighted by Crippen LogP contribution is -2.74. The number of hydrogen-bond acceptors (Lipinski definition) is 11. The number of anilines is 2. The molecule has 2 aromatic carbocycles. The van der Waals surface area contributed by atoms with Gasteiger partial charge in [0.25, 0.3) is 17.7 Å². The van der Waals surface area contributed by atoms with E-state index in [0.29, 0.717) is 27.9 Å². The van der Waals surface area contributed by atoms with Crippen LogP contribution in [0.1, 0.15) is 77.2 Å². The van der Waals surface area contributed by atoms with Crippen molar-refractivity contribution >= 4 is 52.6 Å². The van der Waals surface area contributed by atoms with E-state index in [1.54, 1.807) is 36.5 Å². The molecular formula is C41H43ClN8O6. The van der Waals surface area contributed by atoms with Gasteiger partial charge in [-0.1, -0.05) is 39.3 Å². The summed E-state index contributed by atoms with van der Waals surface area (Å²) in [6.07, 6.45) is 1.63. The van der Waals surface area contributed by atoms with Crippen LogP contribution in [0.5, 0.6) is 5.75 Å². The number of imide groups is 2. The number of hydrogen-bond donors (Lipinski definition) is 2. The zero-order valence-electron chi connectivity index (χ0n) is 31.7. The minimum atomic E-state index is -0.986. The fraction of sp³-hybridized carbons (Fsp3) is 0.439. The van der Waals surface area contributed by atoms with Gasteiger partial charge in [0.2, 0.25) is 11.8 Å². The number of ether oxygens (including phenoxy) is 1. The molecule has 8 rings (SSSR count). The average molecular weight is 779 g/mol. The molecule has 5 heterocycles. The van der Waals surface area contributed by atoms with Crippen LogP contribution in [0.2, 0.25) is 5.02 Å². The average Bonchev–Trinajstić information content (AvgIpc) is 3.40. The Hall–Kier alpha value is -5.52. The summed E-state index contributed by atoms with van der Waals surface area (Å²) in [6.45, 7) is 13.1. The van der Waals surface area contributed by atoms with Crippen LogP contribution in [0.15, 0.2) is 54.7 Å². The predicted octanol–water partition coefficient (Wildman–Crippen LogP) is 3.63. The smallest absolute Gasteiger partial charge is 0.262 e. The number of piperidine rings is 1. The van der Waals surface area contributed by atoms with Gasteiger partial charge >= 0.3 is 0 Å². The summed E-state index contributed by atoms with van der Waals surface area (Å²) in [5.74, 6) is -0.829. The number of carbonyl (C=O) groups is 5. The third kappa shape index (κ3) is 6.32. The zero-order chi connectivity index (χ0) is 39.7. The molecule has 15 heteroatoms. The molecular weight excluding hydrogens is 736 g/mol. The minimum absolute atomic E-state index is 0.0806. The van der Waals surface area contributed by atoms with E-state index in [1.165, 1.54) is 0 Å². The van der Waals surface area contributed by atoms with Crippen LogP contribution in [0.25, 0.3) is 0 Å². The second kappa shape index (κ2) is 13.9.